The monoisotopic (exact) mass is 551 g/mol. The zero-order valence-electron chi connectivity index (χ0n) is 21.8. The SMILES string of the molecule is CC(C)OC(=O)C1=C(C(F)(F)F)N=C2SC=C(CC(=O)NC[C@@H]3CCCO3)N2[C@H]1c1ccc(C(C)C)cc1. The molecule has 3 heterocycles. The number of hydrogen-bond acceptors (Lipinski definition) is 7. The van der Waals surface area contributed by atoms with Crippen LogP contribution in [0.1, 0.15) is 70.0 Å². The molecule has 206 valence electrons. The van der Waals surface area contributed by atoms with Gasteiger partial charge in [-0.05, 0) is 49.1 Å². The van der Waals surface area contributed by atoms with E-state index in [0.717, 1.165) is 30.2 Å². The molecule has 0 bridgehead atoms. The highest BCUT2D eigenvalue weighted by atomic mass is 32.2. The van der Waals surface area contributed by atoms with Crippen molar-refractivity contribution < 1.29 is 32.2 Å². The third-order valence-electron chi connectivity index (χ3n) is 6.45. The normalized spacial score (nSPS) is 21.6. The van der Waals surface area contributed by atoms with Gasteiger partial charge < -0.3 is 19.7 Å². The van der Waals surface area contributed by atoms with Crippen molar-refractivity contribution in [2.45, 2.75) is 77.3 Å². The van der Waals surface area contributed by atoms with Crippen LogP contribution >= 0.6 is 11.8 Å². The number of amidine groups is 1. The van der Waals surface area contributed by atoms with Gasteiger partial charge in [0, 0.05) is 18.8 Å². The van der Waals surface area contributed by atoms with Crippen LogP contribution < -0.4 is 5.32 Å². The zero-order chi connectivity index (χ0) is 27.6. The molecule has 0 saturated carbocycles. The van der Waals surface area contributed by atoms with E-state index in [1.165, 1.54) is 0 Å². The number of aliphatic imine (C=N–C) groups is 1. The topological polar surface area (TPSA) is 80.2 Å². The second-order valence-corrected chi connectivity index (χ2v) is 10.9. The smallest absolute Gasteiger partial charge is 0.434 e. The minimum absolute atomic E-state index is 0.0418. The molecule has 7 nitrogen and oxygen atoms in total. The molecule has 11 heteroatoms. The Kier molecular flexibility index (Phi) is 8.56. The minimum Gasteiger partial charge on any atom is -0.459 e. The highest BCUT2D eigenvalue weighted by molar-refractivity contribution is 8.16. The molecule has 0 spiro atoms. The number of ether oxygens (including phenoxy) is 2. The van der Waals surface area contributed by atoms with Crippen molar-refractivity contribution >= 4 is 28.8 Å². The summed E-state index contributed by atoms with van der Waals surface area (Å²) >= 11 is 0.997. The molecule has 3 aliphatic rings. The molecule has 4 rings (SSSR count). The first-order chi connectivity index (χ1) is 18.0. The van der Waals surface area contributed by atoms with Gasteiger partial charge in [-0.15, -0.1) is 0 Å². The fraction of sp³-hybridized carbons (Fsp3) is 0.519. The summed E-state index contributed by atoms with van der Waals surface area (Å²) in [7, 11) is 0. The molecule has 1 amide bonds. The maximum atomic E-state index is 14.3. The molecule has 1 fully saturated rings. The summed E-state index contributed by atoms with van der Waals surface area (Å²) in [5.41, 5.74) is 0.0441. The molecule has 1 N–H and O–H groups in total. The summed E-state index contributed by atoms with van der Waals surface area (Å²) in [5.74, 6) is -1.17. The van der Waals surface area contributed by atoms with Crippen molar-refractivity contribution in [3.8, 4) is 0 Å². The molecule has 0 radical (unpaired) electrons. The van der Waals surface area contributed by atoms with Crippen LogP contribution in [0.25, 0.3) is 0 Å². The predicted octanol–water partition coefficient (Wildman–Crippen LogP) is 5.56. The molecule has 1 aromatic carbocycles. The summed E-state index contributed by atoms with van der Waals surface area (Å²) in [6.07, 6.45) is -3.85. The van der Waals surface area contributed by atoms with Gasteiger partial charge in [0.15, 0.2) is 10.9 Å². The van der Waals surface area contributed by atoms with Crippen molar-refractivity contribution in [1.29, 1.82) is 0 Å². The van der Waals surface area contributed by atoms with E-state index < -0.39 is 35.6 Å². The van der Waals surface area contributed by atoms with Crippen LogP contribution in [0, 0.1) is 0 Å². The Morgan fingerprint density at radius 3 is 2.50 bits per heavy atom. The number of amides is 1. The largest absolute Gasteiger partial charge is 0.459 e. The van der Waals surface area contributed by atoms with Crippen molar-refractivity contribution in [3.05, 3.63) is 57.8 Å². The van der Waals surface area contributed by atoms with Crippen LogP contribution in [0.15, 0.2) is 51.6 Å². The van der Waals surface area contributed by atoms with Gasteiger partial charge in [0.05, 0.1) is 30.2 Å². The molecule has 0 aromatic heterocycles. The predicted molar refractivity (Wildman–Crippen MR) is 139 cm³/mol. The molecule has 38 heavy (non-hydrogen) atoms. The van der Waals surface area contributed by atoms with Crippen molar-refractivity contribution in [2.24, 2.45) is 4.99 Å². The number of halogens is 3. The number of hydrogen-bond donors (Lipinski definition) is 1. The van der Waals surface area contributed by atoms with Crippen LogP contribution in [0.5, 0.6) is 0 Å². The van der Waals surface area contributed by atoms with Crippen LogP contribution in [-0.4, -0.2) is 53.5 Å². The molecule has 0 unspecified atom stereocenters. The summed E-state index contributed by atoms with van der Waals surface area (Å²) in [6, 6.07) is 5.95. The highest BCUT2D eigenvalue weighted by Crippen LogP contribution is 2.48. The quantitative estimate of drug-likeness (QED) is 0.426. The summed E-state index contributed by atoms with van der Waals surface area (Å²) < 4.78 is 53.6. The van der Waals surface area contributed by atoms with Crippen molar-refractivity contribution in [2.75, 3.05) is 13.2 Å². The van der Waals surface area contributed by atoms with Gasteiger partial charge in [-0.1, -0.05) is 49.9 Å². The summed E-state index contributed by atoms with van der Waals surface area (Å²) in [5, 5.41) is 4.52. The molecule has 0 aliphatic carbocycles. The Hall–Kier alpha value is -2.79. The molecule has 1 saturated heterocycles. The number of allylic oxidation sites excluding steroid dienone is 1. The lowest BCUT2D eigenvalue weighted by Gasteiger charge is -2.37. The average Bonchev–Trinajstić information content (AvgIpc) is 3.51. The minimum atomic E-state index is -4.89. The van der Waals surface area contributed by atoms with Gasteiger partial charge in [-0.2, -0.15) is 13.2 Å². The zero-order valence-corrected chi connectivity index (χ0v) is 22.6. The lowest BCUT2D eigenvalue weighted by molar-refractivity contribution is -0.145. The van der Waals surface area contributed by atoms with Gasteiger partial charge in [-0.25, -0.2) is 9.79 Å². The fourth-order valence-electron chi connectivity index (χ4n) is 4.60. The first-order valence-electron chi connectivity index (χ1n) is 12.7. The third-order valence-corrected chi connectivity index (χ3v) is 7.34. The number of benzene rings is 1. The number of thioether (sulfide) groups is 1. The number of carbonyl (C=O) groups excluding carboxylic acids is 2. The summed E-state index contributed by atoms with van der Waals surface area (Å²) in [4.78, 5) is 31.4. The Bertz CT molecular complexity index is 1150. The lowest BCUT2D eigenvalue weighted by Crippen LogP contribution is -2.40. The van der Waals surface area contributed by atoms with Gasteiger partial charge in [-0.3, -0.25) is 4.79 Å². The molecule has 1 aromatic rings. The van der Waals surface area contributed by atoms with E-state index in [1.54, 1.807) is 36.3 Å². The van der Waals surface area contributed by atoms with E-state index >= 15 is 0 Å². The molecular formula is C27H32F3N3O4S. The molecule has 2 atom stereocenters. The van der Waals surface area contributed by atoms with E-state index in [9.17, 15) is 22.8 Å². The van der Waals surface area contributed by atoms with Gasteiger partial charge in [0.1, 0.15) is 0 Å². The maximum absolute atomic E-state index is 14.3. The third kappa shape index (κ3) is 6.26. The molecular weight excluding hydrogens is 519 g/mol. The number of nitrogens with zero attached hydrogens (tertiary/aromatic N) is 2. The van der Waals surface area contributed by atoms with Crippen molar-refractivity contribution in [1.82, 2.24) is 10.2 Å². The molecule has 3 aliphatic heterocycles. The first-order valence-corrected chi connectivity index (χ1v) is 13.6. The van der Waals surface area contributed by atoms with E-state index in [-0.39, 0.29) is 29.5 Å². The maximum Gasteiger partial charge on any atom is 0.434 e. The van der Waals surface area contributed by atoms with E-state index in [1.807, 2.05) is 26.0 Å². The van der Waals surface area contributed by atoms with Gasteiger partial charge in [0.25, 0.3) is 0 Å². The number of carbonyl (C=O) groups is 2. The summed E-state index contributed by atoms with van der Waals surface area (Å²) in [6.45, 7) is 8.21. The number of esters is 1. The van der Waals surface area contributed by atoms with E-state index in [0.29, 0.717) is 24.4 Å². The van der Waals surface area contributed by atoms with E-state index in [4.69, 9.17) is 9.47 Å². The van der Waals surface area contributed by atoms with Crippen molar-refractivity contribution in [3.63, 3.8) is 0 Å². The van der Waals surface area contributed by atoms with Crippen LogP contribution in [0.4, 0.5) is 13.2 Å². The van der Waals surface area contributed by atoms with Gasteiger partial charge in [0.2, 0.25) is 5.91 Å². The van der Waals surface area contributed by atoms with Crippen LogP contribution in [-0.2, 0) is 19.1 Å². The van der Waals surface area contributed by atoms with E-state index in [2.05, 4.69) is 10.3 Å². The Morgan fingerprint density at radius 2 is 1.92 bits per heavy atom. The van der Waals surface area contributed by atoms with Crippen LogP contribution in [0.2, 0.25) is 0 Å². The second-order valence-electron chi connectivity index (χ2n) is 10.0. The van der Waals surface area contributed by atoms with Gasteiger partial charge >= 0.3 is 12.1 Å². The standard InChI is InChI=1S/C27H32F3N3O4S/c1-15(2)17-7-9-18(10-8-17)23-22(25(35)37-16(3)4)24(27(28,29)30)32-26-33(23)19(14-38-26)12-21(34)31-13-20-6-5-11-36-20/h7-10,14-16,20,23H,5-6,11-13H2,1-4H3,(H,31,34)/t20-,23-/m0/s1. The lowest BCUT2D eigenvalue weighted by atomic mass is 9.91. The first kappa shape index (κ1) is 28.2. The highest BCUT2D eigenvalue weighted by Gasteiger charge is 2.49. The second kappa shape index (κ2) is 11.5. The number of nitrogens with one attached hydrogen (secondary N) is 1. The number of rotatable bonds is 8. The number of alkyl halides is 3. The average molecular weight is 552 g/mol. The number of fused-ring (bicyclic) bond motifs is 1. The fourth-order valence-corrected chi connectivity index (χ4v) is 5.51. The Balaban J connectivity index is 1.72. The van der Waals surface area contributed by atoms with Crippen LogP contribution in [0.3, 0.4) is 0 Å². The Labute approximate surface area is 224 Å². The Morgan fingerprint density at radius 1 is 1.21 bits per heavy atom.